The molecule has 1 atom stereocenters. The van der Waals surface area contributed by atoms with Gasteiger partial charge < -0.3 is 10.5 Å². The van der Waals surface area contributed by atoms with Crippen LogP contribution < -0.4 is 10.5 Å². The van der Waals surface area contributed by atoms with Gasteiger partial charge in [-0.05, 0) is 36.3 Å². The lowest BCUT2D eigenvalue weighted by molar-refractivity contribution is 0.385. The van der Waals surface area contributed by atoms with Gasteiger partial charge in [-0.15, -0.1) is 0 Å². The summed E-state index contributed by atoms with van der Waals surface area (Å²) in [6, 6.07) is 6.58. The standard InChI is InChI=1S/C16H25NO/c1-11(2)13-8-9-15(18-3)14(10-13)16(17)12-6-4-5-7-12/h8-12,16H,4-7,17H2,1-3H3/t16-/m1/s1. The summed E-state index contributed by atoms with van der Waals surface area (Å²) < 4.78 is 5.48. The van der Waals surface area contributed by atoms with Gasteiger partial charge >= 0.3 is 0 Å². The Hall–Kier alpha value is -1.02. The second kappa shape index (κ2) is 5.75. The van der Waals surface area contributed by atoms with Gasteiger partial charge in [0.05, 0.1) is 7.11 Å². The topological polar surface area (TPSA) is 35.2 Å². The van der Waals surface area contributed by atoms with Gasteiger partial charge in [-0.25, -0.2) is 0 Å². The molecule has 0 amide bonds. The van der Waals surface area contributed by atoms with Crippen LogP contribution in [0.2, 0.25) is 0 Å². The van der Waals surface area contributed by atoms with Crippen LogP contribution in [0.3, 0.4) is 0 Å². The summed E-state index contributed by atoms with van der Waals surface area (Å²) in [6.07, 6.45) is 5.17. The van der Waals surface area contributed by atoms with Crippen LogP contribution in [0.25, 0.3) is 0 Å². The van der Waals surface area contributed by atoms with Gasteiger partial charge in [-0.1, -0.05) is 38.8 Å². The average Bonchev–Trinajstić information content (AvgIpc) is 2.90. The van der Waals surface area contributed by atoms with Crippen LogP contribution in [0.15, 0.2) is 18.2 Å². The summed E-state index contributed by atoms with van der Waals surface area (Å²) in [7, 11) is 1.73. The molecule has 0 bridgehead atoms. The van der Waals surface area contributed by atoms with Crippen LogP contribution in [0.5, 0.6) is 5.75 Å². The van der Waals surface area contributed by atoms with Crippen molar-refractivity contribution < 1.29 is 4.74 Å². The van der Waals surface area contributed by atoms with Crippen molar-refractivity contribution in [2.45, 2.75) is 51.5 Å². The zero-order valence-electron chi connectivity index (χ0n) is 11.8. The lowest BCUT2D eigenvalue weighted by Crippen LogP contribution is -2.20. The molecule has 2 nitrogen and oxygen atoms in total. The number of ether oxygens (including phenoxy) is 1. The molecule has 1 fully saturated rings. The molecule has 0 aromatic heterocycles. The Kier molecular flexibility index (Phi) is 4.28. The molecule has 1 aliphatic rings. The lowest BCUT2D eigenvalue weighted by Gasteiger charge is -2.22. The molecule has 18 heavy (non-hydrogen) atoms. The van der Waals surface area contributed by atoms with Crippen molar-refractivity contribution in [3.63, 3.8) is 0 Å². The van der Waals surface area contributed by atoms with Gasteiger partial charge in [0.1, 0.15) is 5.75 Å². The van der Waals surface area contributed by atoms with Gasteiger partial charge in [0.25, 0.3) is 0 Å². The van der Waals surface area contributed by atoms with Crippen molar-refractivity contribution >= 4 is 0 Å². The van der Waals surface area contributed by atoms with Gasteiger partial charge in [-0.2, -0.15) is 0 Å². The highest BCUT2D eigenvalue weighted by Crippen LogP contribution is 2.38. The third kappa shape index (κ3) is 2.69. The quantitative estimate of drug-likeness (QED) is 0.872. The maximum Gasteiger partial charge on any atom is 0.123 e. The second-order valence-corrected chi connectivity index (χ2v) is 5.73. The summed E-state index contributed by atoms with van der Waals surface area (Å²) in [5.74, 6) is 2.10. The zero-order chi connectivity index (χ0) is 13.1. The van der Waals surface area contributed by atoms with Crippen molar-refractivity contribution in [3.8, 4) is 5.75 Å². The minimum atomic E-state index is 0.126. The van der Waals surface area contributed by atoms with Crippen molar-refractivity contribution in [1.29, 1.82) is 0 Å². The van der Waals surface area contributed by atoms with Gasteiger partial charge in [-0.3, -0.25) is 0 Å². The first-order valence-electron chi connectivity index (χ1n) is 7.07. The first-order valence-corrected chi connectivity index (χ1v) is 7.07. The van der Waals surface area contributed by atoms with Crippen LogP contribution in [-0.4, -0.2) is 7.11 Å². The van der Waals surface area contributed by atoms with Crippen LogP contribution in [-0.2, 0) is 0 Å². The fraction of sp³-hybridized carbons (Fsp3) is 0.625. The fourth-order valence-corrected chi connectivity index (χ4v) is 2.94. The number of benzene rings is 1. The predicted octanol–water partition coefficient (Wildman–Crippen LogP) is 4.01. The molecule has 0 heterocycles. The molecule has 1 saturated carbocycles. The second-order valence-electron chi connectivity index (χ2n) is 5.73. The van der Waals surface area contributed by atoms with Crippen molar-refractivity contribution in [2.24, 2.45) is 11.7 Å². The Balaban J connectivity index is 2.30. The minimum absolute atomic E-state index is 0.126. The van der Waals surface area contributed by atoms with E-state index in [1.807, 2.05) is 0 Å². The Morgan fingerprint density at radius 2 is 1.89 bits per heavy atom. The van der Waals surface area contributed by atoms with E-state index in [-0.39, 0.29) is 6.04 Å². The molecular formula is C16H25NO. The number of rotatable bonds is 4. The van der Waals surface area contributed by atoms with E-state index >= 15 is 0 Å². The van der Waals surface area contributed by atoms with Crippen LogP contribution in [0.4, 0.5) is 0 Å². The summed E-state index contributed by atoms with van der Waals surface area (Å²) in [4.78, 5) is 0. The summed E-state index contributed by atoms with van der Waals surface area (Å²) in [6.45, 7) is 4.43. The molecule has 2 rings (SSSR count). The Morgan fingerprint density at radius 1 is 1.22 bits per heavy atom. The molecule has 0 aliphatic heterocycles. The van der Waals surface area contributed by atoms with E-state index in [2.05, 4.69) is 32.0 Å². The van der Waals surface area contributed by atoms with E-state index < -0.39 is 0 Å². The zero-order valence-corrected chi connectivity index (χ0v) is 11.8. The normalized spacial score (nSPS) is 18.3. The van der Waals surface area contributed by atoms with E-state index in [1.165, 1.54) is 36.8 Å². The SMILES string of the molecule is COc1ccc(C(C)C)cc1[C@H](N)C1CCCC1. The molecule has 100 valence electrons. The first-order chi connectivity index (χ1) is 8.63. The maximum atomic E-state index is 6.47. The molecule has 1 aromatic rings. The molecule has 0 radical (unpaired) electrons. The molecule has 0 spiro atoms. The van der Waals surface area contributed by atoms with Crippen LogP contribution in [0.1, 0.15) is 62.6 Å². The largest absolute Gasteiger partial charge is 0.496 e. The molecule has 1 aromatic carbocycles. The molecule has 0 unspecified atom stereocenters. The predicted molar refractivity (Wildman–Crippen MR) is 76.0 cm³/mol. The van der Waals surface area contributed by atoms with Crippen LogP contribution in [0, 0.1) is 5.92 Å². The van der Waals surface area contributed by atoms with E-state index in [0.717, 1.165) is 5.75 Å². The summed E-state index contributed by atoms with van der Waals surface area (Å²) in [5, 5.41) is 0. The lowest BCUT2D eigenvalue weighted by atomic mass is 9.89. The maximum absolute atomic E-state index is 6.47. The van der Waals surface area contributed by atoms with Crippen molar-refractivity contribution in [3.05, 3.63) is 29.3 Å². The van der Waals surface area contributed by atoms with Gasteiger partial charge in [0, 0.05) is 11.6 Å². The van der Waals surface area contributed by atoms with E-state index in [1.54, 1.807) is 7.11 Å². The average molecular weight is 247 g/mol. The van der Waals surface area contributed by atoms with Crippen molar-refractivity contribution in [2.75, 3.05) is 7.11 Å². The number of nitrogens with two attached hydrogens (primary N) is 1. The highest BCUT2D eigenvalue weighted by molar-refractivity contribution is 5.40. The number of hydrogen-bond donors (Lipinski definition) is 1. The third-order valence-corrected chi connectivity index (χ3v) is 4.19. The van der Waals surface area contributed by atoms with Gasteiger partial charge in [0.2, 0.25) is 0 Å². The number of methoxy groups -OCH3 is 1. The highest BCUT2D eigenvalue weighted by atomic mass is 16.5. The Morgan fingerprint density at radius 3 is 2.44 bits per heavy atom. The van der Waals surface area contributed by atoms with Gasteiger partial charge in [0.15, 0.2) is 0 Å². The molecule has 0 saturated heterocycles. The molecule has 2 heteroatoms. The Bertz CT molecular complexity index is 394. The number of hydrogen-bond acceptors (Lipinski definition) is 2. The van der Waals surface area contributed by atoms with E-state index in [4.69, 9.17) is 10.5 Å². The molecular weight excluding hydrogens is 222 g/mol. The minimum Gasteiger partial charge on any atom is -0.496 e. The molecule has 1 aliphatic carbocycles. The van der Waals surface area contributed by atoms with E-state index in [9.17, 15) is 0 Å². The smallest absolute Gasteiger partial charge is 0.123 e. The summed E-state index contributed by atoms with van der Waals surface area (Å²) in [5.41, 5.74) is 9.00. The summed E-state index contributed by atoms with van der Waals surface area (Å²) >= 11 is 0. The Labute approximate surface area is 111 Å². The molecule has 2 N–H and O–H groups in total. The monoisotopic (exact) mass is 247 g/mol. The highest BCUT2D eigenvalue weighted by Gasteiger charge is 2.25. The van der Waals surface area contributed by atoms with E-state index in [0.29, 0.717) is 11.8 Å². The van der Waals surface area contributed by atoms with Crippen LogP contribution >= 0.6 is 0 Å². The van der Waals surface area contributed by atoms with Crippen molar-refractivity contribution in [1.82, 2.24) is 0 Å². The first kappa shape index (κ1) is 13.4. The fourth-order valence-electron chi connectivity index (χ4n) is 2.94. The third-order valence-electron chi connectivity index (χ3n) is 4.19.